The summed E-state index contributed by atoms with van der Waals surface area (Å²) in [6.45, 7) is 7.01. The monoisotopic (exact) mass is 324 g/mol. The number of carbonyl (C=O) groups excluding carboxylic acids is 1. The number of nitrogens with zero attached hydrogens (tertiary/aromatic N) is 2. The molecule has 2 aliphatic rings. The molecule has 5 heteroatoms. The lowest BCUT2D eigenvalue weighted by Crippen LogP contribution is -2.32. The summed E-state index contributed by atoms with van der Waals surface area (Å²) in [6.07, 6.45) is 1.91. The third-order valence-corrected chi connectivity index (χ3v) is 5.09. The molecule has 1 aromatic heterocycles. The van der Waals surface area contributed by atoms with Crippen molar-refractivity contribution in [1.29, 1.82) is 0 Å². The fraction of sp³-hybridized carbons (Fsp3) is 0.474. The fourth-order valence-corrected chi connectivity index (χ4v) is 3.74. The molecule has 1 aromatic carbocycles. The molecule has 0 bridgehead atoms. The molecule has 126 valence electrons. The maximum absolute atomic E-state index is 12.3. The number of amides is 1. The van der Waals surface area contributed by atoms with Gasteiger partial charge in [0.2, 0.25) is 0 Å². The molecule has 0 saturated carbocycles. The summed E-state index contributed by atoms with van der Waals surface area (Å²) in [5.41, 5.74) is 2.89. The second-order valence-corrected chi connectivity index (χ2v) is 7.74. The highest BCUT2D eigenvalue weighted by Gasteiger charge is 2.33. The molecule has 5 nitrogen and oxygen atoms in total. The summed E-state index contributed by atoms with van der Waals surface area (Å²) in [6, 6.07) is 10.5. The van der Waals surface area contributed by atoms with E-state index >= 15 is 0 Å². The van der Waals surface area contributed by atoms with Crippen molar-refractivity contribution in [2.45, 2.75) is 32.6 Å². The van der Waals surface area contributed by atoms with Crippen LogP contribution in [0.4, 0.5) is 5.69 Å². The number of aromatic amines is 1. The van der Waals surface area contributed by atoms with Crippen molar-refractivity contribution < 1.29 is 4.79 Å². The van der Waals surface area contributed by atoms with Crippen molar-refractivity contribution in [3.8, 4) is 0 Å². The van der Waals surface area contributed by atoms with E-state index in [2.05, 4.69) is 58.3 Å². The van der Waals surface area contributed by atoms with Crippen LogP contribution >= 0.6 is 0 Å². The predicted molar refractivity (Wildman–Crippen MR) is 94.4 cm³/mol. The lowest BCUT2D eigenvalue weighted by atomic mass is 9.88. The maximum Gasteiger partial charge on any atom is 0.271 e. The summed E-state index contributed by atoms with van der Waals surface area (Å²) in [5.74, 6) is 1.27. The number of H-pyrrole nitrogens is 1. The number of benzene rings is 1. The van der Waals surface area contributed by atoms with Gasteiger partial charge in [-0.1, -0.05) is 32.0 Å². The van der Waals surface area contributed by atoms with Crippen molar-refractivity contribution in [2.24, 2.45) is 5.41 Å². The minimum absolute atomic E-state index is 0.0454. The summed E-state index contributed by atoms with van der Waals surface area (Å²) < 4.78 is 0. The molecule has 2 N–H and O–H groups in total. The van der Waals surface area contributed by atoms with Crippen LogP contribution in [-0.2, 0) is 6.42 Å². The molecule has 1 saturated heterocycles. The topological polar surface area (TPSA) is 61.0 Å². The van der Waals surface area contributed by atoms with E-state index in [0.29, 0.717) is 18.2 Å². The zero-order valence-corrected chi connectivity index (χ0v) is 14.3. The smallest absolute Gasteiger partial charge is 0.271 e. The average Bonchev–Trinajstić information content (AvgIpc) is 3.18. The third-order valence-electron chi connectivity index (χ3n) is 5.09. The molecular formula is C19H24N4O. The number of fused-ring (bicyclic) bond motifs is 1. The number of imidazole rings is 1. The van der Waals surface area contributed by atoms with E-state index in [1.165, 1.54) is 5.69 Å². The molecule has 1 fully saturated rings. The summed E-state index contributed by atoms with van der Waals surface area (Å²) in [5, 5.41) is 3.00. The van der Waals surface area contributed by atoms with E-state index in [1.807, 2.05) is 6.07 Å². The van der Waals surface area contributed by atoms with E-state index in [-0.39, 0.29) is 11.3 Å². The van der Waals surface area contributed by atoms with E-state index in [0.717, 1.165) is 37.4 Å². The number of hydrogen-bond acceptors (Lipinski definition) is 3. The average molecular weight is 324 g/mol. The second-order valence-electron chi connectivity index (χ2n) is 7.74. The Morgan fingerprint density at radius 3 is 2.83 bits per heavy atom. The quantitative estimate of drug-likeness (QED) is 0.893. The number of aromatic nitrogens is 2. The summed E-state index contributed by atoms with van der Waals surface area (Å²) in [7, 11) is 0. The van der Waals surface area contributed by atoms with Crippen molar-refractivity contribution in [3.05, 3.63) is 47.5 Å². The SMILES string of the molecule is CC1(C)CNC(=O)c2nc([C@@H]3CCN(c4ccccc4)C3)[nH]c2C1. The van der Waals surface area contributed by atoms with Crippen molar-refractivity contribution in [1.82, 2.24) is 15.3 Å². The van der Waals surface area contributed by atoms with Crippen LogP contribution in [0.15, 0.2) is 30.3 Å². The number of nitrogens with one attached hydrogen (secondary N) is 2. The number of hydrogen-bond donors (Lipinski definition) is 2. The van der Waals surface area contributed by atoms with Crippen LogP contribution in [0.5, 0.6) is 0 Å². The summed E-state index contributed by atoms with van der Waals surface area (Å²) in [4.78, 5) is 22.8. The molecule has 1 amide bonds. The van der Waals surface area contributed by atoms with Crippen molar-refractivity contribution in [2.75, 3.05) is 24.5 Å². The van der Waals surface area contributed by atoms with Gasteiger partial charge in [-0.2, -0.15) is 0 Å². The molecular weight excluding hydrogens is 300 g/mol. The van der Waals surface area contributed by atoms with Crippen LogP contribution in [0.3, 0.4) is 0 Å². The first-order valence-corrected chi connectivity index (χ1v) is 8.69. The van der Waals surface area contributed by atoms with Gasteiger partial charge >= 0.3 is 0 Å². The Balaban J connectivity index is 1.56. The number of carbonyl (C=O) groups is 1. The Morgan fingerprint density at radius 2 is 2.04 bits per heavy atom. The lowest BCUT2D eigenvalue weighted by molar-refractivity contribution is 0.0940. The van der Waals surface area contributed by atoms with Crippen LogP contribution in [-0.4, -0.2) is 35.5 Å². The fourth-order valence-electron chi connectivity index (χ4n) is 3.74. The Labute approximate surface area is 142 Å². The highest BCUT2D eigenvalue weighted by atomic mass is 16.1. The Hall–Kier alpha value is -2.30. The minimum Gasteiger partial charge on any atom is -0.371 e. The molecule has 1 atom stereocenters. The molecule has 4 rings (SSSR count). The number of rotatable bonds is 2. The van der Waals surface area contributed by atoms with E-state index in [9.17, 15) is 4.79 Å². The maximum atomic E-state index is 12.3. The van der Waals surface area contributed by atoms with Gasteiger partial charge in [-0.05, 0) is 30.4 Å². The molecule has 2 aliphatic heterocycles. The normalized spacial score (nSPS) is 22.8. The first-order chi connectivity index (χ1) is 11.5. The van der Waals surface area contributed by atoms with Crippen molar-refractivity contribution >= 4 is 11.6 Å². The molecule has 0 aliphatic carbocycles. The summed E-state index contributed by atoms with van der Waals surface area (Å²) >= 11 is 0. The van der Waals surface area contributed by atoms with Gasteiger partial charge in [-0.25, -0.2) is 4.98 Å². The molecule has 24 heavy (non-hydrogen) atoms. The molecule has 0 unspecified atom stereocenters. The van der Waals surface area contributed by atoms with Crippen LogP contribution in [0.25, 0.3) is 0 Å². The van der Waals surface area contributed by atoms with Crippen LogP contribution < -0.4 is 10.2 Å². The van der Waals surface area contributed by atoms with Crippen LogP contribution in [0, 0.1) is 5.41 Å². The van der Waals surface area contributed by atoms with E-state index in [4.69, 9.17) is 0 Å². The van der Waals surface area contributed by atoms with Gasteiger partial charge in [0.15, 0.2) is 0 Å². The molecule has 0 spiro atoms. The van der Waals surface area contributed by atoms with Gasteiger partial charge in [0, 0.05) is 36.9 Å². The highest BCUT2D eigenvalue weighted by Crippen LogP contribution is 2.32. The highest BCUT2D eigenvalue weighted by molar-refractivity contribution is 5.94. The first-order valence-electron chi connectivity index (χ1n) is 8.69. The third kappa shape index (κ3) is 2.79. The Morgan fingerprint density at radius 1 is 1.25 bits per heavy atom. The number of anilines is 1. The molecule has 2 aromatic rings. The Bertz CT molecular complexity index is 750. The largest absolute Gasteiger partial charge is 0.371 e. The van der Waals surface area contributed by atoms with Gasteiger partial charge < -0.3 is 15.2 Å². The van der Waals surface area contributed by atoms with Gasteiger partial charge in [0.05, 0.1) is 0 Å². The van der Waals surface area contributed by atoms with E-state index in [1.54, 1.807) is 0 Å². The second kappa shape index (κ2) is 5.65. The zero-order chi connectivity index (χ0) is 16.7. The van der Waals surface area contributed by atoms with Gasteiger partial charge in [-0.3, -0.25) is 4.79 Å². The minimum atomic E-state index is -0.0454. The Kier molecular flexibility index (Phi) is 3.59. The van der Waals surface area contributed by atoms with Gasteiger partial charge in [0.1, 0.15) is 11.5 Å². The lowest BCUT2D eigenvalue weighted by Gasteiger charge is -2.21. The van der Waals surface area contributed by atoms with E-state index < -0.39 is 0 Å². The van der Waals surface area contributed by atoms with Crippen molar-refractivity contribution in [3.63, 3.8) is 0 Å². The predicted octanol–water partition coefficient (Wildman–Crippen LogP) is 2.72. The van der Waals surface area contributed by atoms with Crippen LogP contribution in [0.1, 0.15) is 48.2 Å². The zero-order valence-electron chi connectivity index (χ0n) is 14.3. The van der Waals surface area contributed by atoms with Crippen LogP contribution in [0.2, 0.25) is 0 Å². The number of para-hydroxylation sites is 1. The molecule has 0 radical (unpaired) electrons. The first kappa shape index (κ1) is 15.2. The standard InChI is InChI=1S/C19H24N4O/c1-19(2)10-15-16(18(24)20-12-19)22-17(21-15)13-8-9-23(11-13)14-6-4-3-5-7-14/h3-7,13H,8-12H2,1-2H3,(H,20,24)(H,21,22)/t13-/m1/s1. The van der Waals surface area contributed by atoms with Gasteiger partial charge in [-0.15, -0.1) is 0 Å². The van der Waals surface area contributed by atoms with Gasteiger partial charge in [0.25, 0.3) is 5.91 Å². The molecule has 3 heterocycles.